The second-order valence-electron chi connectivity index (χ2n) is 7.09. The van der Waals surface area contributed by atoms with E-state index in [0.29, 0.717) is 29.7 Å². The molecule has 5 nitrogen and oxygen atoms in total. The molecule has 0 bridgehead atoms. The molecular weight excluding hydrogens is 359 g/mol. The van der Waals surface area contributed by atoms with Crippen molar-refractivity contribution in [2.75, 3.05) is 5.32 Å². The number of carbonyl (C=O) groups is 1. The van der Waals surface area contributed by atoms with Crippen LogP contribution in [0.5, 0.6) is 0 Å². The maximum absolute atomic E-state index is 11.4. The van der Waals surface area contributed by atoms with Gasteiger partial charge in [0.05, 0.1) is 10.7 Å². The summed E-state index contributed by atoms with van der Waals surface area (Å²) in [5, 5.41) is 11.1. The molecule has 2 N–H and O–H groups in total. The lowest BCUT2D eigenvalue weighted by atomic mass is 9.91. The SMILES string of the molecule is O=C1CCC(Nc2ccc(C3(Cc4ncn[nH]4)CC3Cl)cc2Cl)CC1. The summed E-state index contributed by atoms with van der Waals surface area (Å²) in [4.78, 5) is 15.6. The van der Waals surface area contributed by atoms with Crippen LogP contribution in [0.2, 0.25) is 5.02 Å². The summed E-state index contributed by atoms with van der Waals surface area (Å²) in [6.07, 6.45) is 6.21. The number of alkyl halides is 1. The van der Waals surface area contributed by atoms with Crippen LogP contribution in [-0.2, 0) is 16.6 Å². The Morgan fingerprint density at radius 3 is 2.68 bits per heavy atom. The first-order valence-corrected chi connectivity index (χ1v) is 9.45. The minimum absolute atomic E-state index is 0.0804. The highest BCUT2D eigenvalue weighted by atomic mass is 35.5. The zero-order valence-corrected chi connectivity index (χ0v) is 15.3. The summed E-state index contributed by atoms with van der Waals surface area (Å²) in [6.45, 7) is 0. The van der Waals surface area contributed by atoms with Crippen molar-refractivity contribution in [2.24, 2.45) is 0 Å². The third-order valence-electron chi connectivity index (χ3n) is 5.38. The average Bonchev–Trinajstić information content (AvgIpc) is 3.00. The van der Waals surface area contributed by atoms with Gasteiger partial charge in [0.25, 0.3) is 0 Å². The topological polar surface area (TPSA) is 70.7 Å². The standard InChI is InChI=1S/C18H20Cl2N4O/c19-14-7-11(18(8-16(18)20)9-17-21-10-22-24-17)1-6-15(14)23-12-2-4-13(25)5-3-12/h1,6-7,10,12,16,23H,2-5,8-9H2,(H,21,22,24). The summed E-state index contributed by atoms with van der Waals surface area (Å²) in [5.74, 6) is 1.20. The molecule has 2 unspecified atom stereocenters. The fourth-order valence-electron chi connectivity index (χ4n) is 3.71. The number of H-pyrrole nitrogens is 1. The van der Waals surface area contributed by atoms with Crippen molar-refractivity contribution in [2.45, 2.75) is 55.4 Å². The van der Waals surface area contributed by atoms with Crippen LogP contribution in [0.1, 0.15) is 43.5 Å². The van der Waals surface area contributed by atoms with Crippen LogP contribution >= 0.6 is 23.2 Å². The van der Waals surface area contributed by atoms with Crippen LogP contribution in [0.3, 0.4) is 0 Å². The Hall–Kier alpha value is -1.59. The maximum Gasteiger partial charge on any atom is 0.137 e. The molecule has 25 heavy (non-hydrogen) atoms. The van der Waals surface area contributed by atoms with Crippen molar-refractivity contribution in [1.82, 2.24) is 15.2 Å². The van der Waals surface area contributed by atoms with E-state index < -0.39 is 0 Å². The molecule has 2 aliphatic rings. The number of ketones is 1. The number of anilines is 1. The van der Waals surface area contributed by atoms with Gasteiger partial charge in [-0.25, -0.2) is 4.98 Å². The molecule has 2 saturated carbocycles. The normalized spacial score (nSPS) is 26.6. The predicted molar refractivity (Wildman–Crippen MR) is 98.4 cm³/mol. The number of nitrogens with one attached hydrogen (secondary N) is 2. The summed E-state index contributed by atoms with van der Waals surface area (Å²) in [7, 11) is 0. The van der Waals surface area contributed by atoms with E-state index in [1.165, 1.54) is 6.33 Å². The smallest absolute Gasteiger partial charge is 0.137 e. The van der Waals surface area contributed by atoms with Crippen molar-refractivity contribution in [3.63, 3.8) is 0 Å². The second kappa shape index (κ2) is 6.61. The lowest BCUT2D eigenvalue weighted by molar-refractivity contribution is -0.120. The van der Waals surface area contributed by atoms with Gasteiger partial charge in [-0.05, 0) is 37.0 Å². The number of hydrogen-bond donors (Lipinski definition) is 2. The first kappa shape index (κ1) is 16.9. The summed E-state index contributed by atoms with van der Waals surface area (Å²) < 4.78 is 0. The van der Waals surface area contributed by atoms with Gasteiger partial charge < -0.3 is 5.32 Å². The Bertz CT molecular complexity index is 769. The van der Waals surface area contributed by atoms with Crippen molar-refractivity contribution in [3.05, 3.63) is 40.9 Å². The van der Waals surface area contributed by atoms with Crippen LogP contribution in [0.4, 0.5) is 5.69 Å². The van der Waals surface area contributed by atoms with E-state index in [2.05, 4.69) is 26.6 Å². The Balaban J connectivity index is 1.50. The second-order valence-corrected chi connectivity index (χ2v) is 8.02. The van der Waals surface area contributed by atoms with Crippen LogP contribution < -0.4 is 5.32 Å². The highest BCUT2D eigenvalue weighted by molar-refractivity contribution is 6.33. The molecule has 132 valence electrons. The lowest BCUT2D eigenvalue weighted by Gasteiger charge is -2.24. The number of aromatic nitrogens is 3. The van der Waals surface area contributed by atoms with Crippen LogP contribution in [0.15, 0.2) is 24.5 Å². The van der Waals surface area contributed by atoms with Gasteiger partial charge >= 0.3 is 0 Å². The van der Waals surface area contributed by atoms with E-state index in [4.69, 9.17) is 23.2 Å². The third-order valence-corrected chi connectivity index (χ3v) is 6.26. The highest BCUT2D eigenvalue weighted by Crippen LogP contribution is 2.54. The molecule has 4 rings (SSSR count). The molecule has 1 heterocycles. The number of halogens is 2. The van der Waals surface area contributed by atoms with E-state index in [9.17, 15) is 4.79 Å². The molecule has 0 spiro atoms. The summed E-state index contributed by atoms with van der Waals surface area (Å²) in [6, 6.07) is 6.45. The molecule has 0 aliphatic heterocycles. The largest absolute Gasteiger partial charge is 0.381 e. The van der Waals surface area contributed by atoms with E-state index in [1.54, 1.807) is 0 Å². The quantitative estimate of drug-likeness (QED) is 0.774. The van der Waals surface area contributed by atoms with Crippen LogP contribution in [0.25, 0.3) is 0 Å². The molecule has 2 atom stereocenters. The van der Waals surface area contributed by atoms with Gasteiger partial charge in [0.1, 0.15) is 17.9 Å². The van der Waals surface area contributed by atoms with Gasteiger partial charge in [-0.2, -0.15) is 5.10 Å². The number of benzene rings is 1. The van der Waals surface area contributed by atoms with Gasteiger partial charge in [0.2, 0.25) is 0 Å². The Morgan fingerprint density at radius 1 is 1.32 bits per heavy atom. The van der Waals surface area contributed by atoms with E-state index in [1.807, 2.05) is 12.1 Å². The maximum atomic E-state index is 11.4. The average molecular weight is 379 g/mol. The summed E-state index contributed by atoms with van der Waals surface area (Å²) >= 11 is 13.0. The number of rotatable bonds is 5. The highest BCUT2D eigenvalue weighted by Gasteiger charge is 2.55. The zero-order chi connectivity index (χ0) is 17.4. The van der Waals surface area contributed by atoms with Gasteiger partial charge in [-0.15, -0.1) is 11.6 Å². The molecule has 0 saturated heterocycles. The number of carbonyl (C=O) groups excluding carboxylic acids is 1. The number of Topliss-reactive ketones (excluding diaryl/α,β-unsaturated/α-hetero) is 1. The van der Waals surface area contributed by atoms with Crippen LogP contribution in [0, 0.1) is 0 Å². The van der Waals surface area contributed by atoms with E-state index in [-0.39, 0.29) is 10.8 Å². The molecule has 1 aromatic carbocycles. The third kappa shape index (κ3) is 3.40. The molecule has 0 radical (unpaired) electrons. The zero-order valence-electron chi connectivity index (χ0n) is 13.8. The minimum Gasteiger partial charge on any atom is -0.381 e. The van der Waals surface area contributed by atoms with E-state index >= 15 is 0 Å². The van der Waals surface area contributed by atoms with Crippen molar-refractivity contribution < 1.29 is 4.79 Å². The number of hydrogen-bond acceptors (Lipinski definition) is 4. The fraction of sp³-hybridized carbons (Fsp3) is 0.500. The molecular formula is C18H20Cl2N4O. The molecule has 0 amide bonds. The Kier molecular flexibility index (Phi) is 4.46. The fourth-order valence-corrected chi connectivity index (χ4v) is 4.42. The van der Waals surface area contributed by atoms with Crippen molar-refractivity contribution >= 4 is 34.7 Å². The van der Waals surface area contributed by atoms with Gasteiger partial charge in [0, 0.05) is 36.1 Å². The van der Waals surface area contributed by atoms with Crippen molar-refractivity contribution in [1.29, 1.82) is 0 Å². The van der Waals surface area contributed by atoms with Crippen LogP contribution in [-0.4, -0.2) is 32.4 Å². The van der Waals surface area contributed by atoms with Gasteiger partial charge in [0.15, 0.2) is 0 Å². The van der Waals surface area contributed by atoms with Gasteiger partial charge in [-0.1, -0.05) is 17.7 Å². The first-order chi connectivity index (χ1) is 12.1. The van der Waals surface area contributed by atoms with Crippen molar-refractivity contribution in [3.8, 4) is 0 Å². The predicted octanol–water partition coefficient (Wildman–Crippen LogP) is 3.87. The first-order valence-electron chi connectivity index (χ1n) is 8.63. The number of nitrogens with zero attached hydrogens (tertiary/aromatic N) is 2. The monoisotopic (exact) mass is 378 g/mol. The Labute approximate surface area is 156 Å². The minimum atomic E-state index is -0.124. The molecule has 1 aromatic heterocycles. The molecule has 2 fully saturated rings. The summed E-state index contributed by atoms with van der Waals surface area (Å²) in [5.41, 5.74) is 1.94. The van der Waals surface area contributed by atoms with Gasteiger partial charge in [-0.3, -0.25) is 9.89 Å². The molecule has 2 aliphatic carbocycles. The number of aromatic amines is 1. The molecule has 2 aromatic rings. The lowest BCUT2D eigenvalue weighted by Crippen LogP contribution is -2.26. The Morgan fingerprint density at radius 2 is 2.08 bits per heavy atom. The van der Waals surface area contributed by atoms with E-state index in [0.717, 1.165) is 42.8 Å². The molecule has 7 heteroatoms.